The summed E-state index contributed by atoms with van der Waals surface area (Å²) in [5, 5.41) is 8.15. The summed E-state index contributed by atoms with van der Waals surface area (Å²) >= 11 is 0. The Morgan fingerprint density at radius 3 is 2.18 bits per heavy atom. The van der Waals surface area contributed by atoms with Crippen LogP contribution in [0.4, 0.5) is 26.3 Å². The SMILES string of the molecule is CCOC(=O)c1cnn(-c2nc(OC)c3c(cnn3[C@@H](C)c3cc(C(F)(F)F)cc(C(F)(F)F)c3)n2)c1.S. The van der Waals surface area contributed by atoms with Crippen LogP contribution >= 0.6 is 13.5 Å². The van der Waals surface area contributed by atoms with E-state index in [4.69, 9.17) is 9.47 Å². The Balaban J connectivity index is 0.00000400. The number of halogens is 6. The molecule has 1 atom stereocenters. The van der Waals surface area contributed by atoms with E-state index in [1.807, 2.05) is 0 Å². The van der Waals surface area contributed by atoms with Crippen molar-refractivity contribution >= 4 is 30.5 Å². The summed E-state index contributed by atoms with van der Waals surface area (Å²) in [6.07, 6.45) is -6.16. The lowest BCUT2D eigenvalue weighted by Crippen LogP contribution is -2.15. The van der Waals surface area contributed by atoms with E-state index in [-0.39, 0.29) is 60.2 Å². The van der Waals surface area contributed by atoms with Gasteiger partial charge in [0.1, 0.15) is 11.0 Å². The van der Waals surface area contributed by atoms with Gasteiger partial charge in [-0.15, -0.1) is 0 Å². The highest BCUT2D eigenvalue weighted by Crippen LogP contribution is 2.38. The number of ether oxygens (including phenoxy) is 2. The molecule has 0 bridgehead atoms. The van der Waals surface area contributed by atoms with Gasteiger partial charge in [0.25, 0.3) is 5.95 Å². The number of rotatable bonds is 6. The molecule has 1 aromatic carbocycles. The number of hydrogen-bond donors (Lipinski definition) is 0. The van der Waals surface area contributed by atoms with Gasteiger partial charge in [0.05, 0.1) is 48.8 Å². The van der Waals surface area contributed by atoms with Crippen molar-refractivity contribution < 1.29 is 40.6 Å². The van der Waals surface area contributed by atoms with E-state index in [1.54, 1.807) is 6.92 Å². The lowest BCUT2D eigenvalue weighted by Gasteiger charge is -2.19. The first-order chi connectivity index (χ1) is 17.3. The Morgan fingerprint density at radius 2 is 1.63 bits per heavy atom. The molecule has 4 aromatic rings. The molecule has 0 saturated heterocycles. The minimum Gasteiger partial charge on any atom is -0.479 e. The minimum absolute atomic E-state index is 0. The average molecular weight is 562 g/mol. The highest BCUT2D eigenvalue weighted by molar-refractivity contribution is 7.59. The molecule has 3 aromatic heterocycles. The van der Waals surface area contributed by atoms with Gasteiger partial charge in [-0.05, 0) is 37.6 Å². The monoisotopic (exact) mass is 562 g/mol. The summed E-state index contributed by atoms with van der Waals surface area (Å²) in [4.78, 5) is 20.4. The van der Waals surface area contributed by atoms with E-state index >= 15 is 0 Å². The van der Waals surface area contributed by atoms with Crippen LogP contribution in [0.15, 0.2) is 36.8 Å². The van der Waals surface area contributed by atoms with Crippen LogP contribution in [-0.2, 0) is 17.1 Å². The number of benzene rings is 1. The van der Waals surface area contributed by atoms with Crippen LogP contribution in [0.3, 0.4) is 0 Å². The molecule has 0 amide bonds. The normalized spacial score (nSPS) is 12.8. The molecule has 0 spiro atoms. The fraction of sp³-hybridized carbons (Fsp3) is 0.318. The number of alkyl halides is 6. The molecule has 4 rings (SSSR count). The van der Waals surface area contributed by atoms with Crippen LogP contribution in [0.1, 0.15) is 46.9 Å². The van der Waals surface area contributed by atoms with E-state index in [0.717, 1.165) is 0 Å². The average Bonchev–Trinajstić information content (AvgIpc) is 3.49. The van der Waals surface area contributed by atoms with E-state index in [1.165, 1.54) is 42.0 Å². The molecule has 9 nitrogen and oxygen atoms in total. The summed E-state index contributed by atoms with van der Waals surface area (Å²) in [5.74, 6) is -0.700. The molecule has 0 N–H and O–H groups in total. The lowest BCUT2D eigenvalue weighted by molar-refractivity contribution is -0.143. The third kappa shape index (κ3) is 5.54. The Hall–Kier alpha value is -3.82. The number of methoxy groups -OCH3 is 1. The maximum absolute atomic E-state index is 13.3. The number of carbonyl (C=O) groups excluding carboxylic acids is 1. The topological polar surface area (TPSA) is 97.0 Å². The van der Waals surface area contributed by atoms with Gasteiger partial charge in [0, 0.05) is 6.20 Å². The molecular formula is C22H20F6N6O3S. The van der Waals surface area contributed by atoms with Gasteiger partial charge in [0.2, 0.25) is 5.88 Å². The van der Waals surface area contributed by atoms with Crippen molar-refractivity contribution in [3.8, 4) is 11.8 Å². The predicted molar refractivity (Wildman–Crippen MR) is 126 cm³/mol. The molecule has 38 heavy (non-hydrogen) atoms. The number of hydrogen-bond acceptors (Lipinski definition) is 7. The largest absolute Gasteiger partial charge is 0.479 e. The van der Waals surface area contributed by atoms with Crippen LogP contribution in [0, 0.1) is 0 Å². The minimum atomic E-state index is -5.00. The van der Waals surface area contributed by atoms with Crippen molar-refractivity contribution in [2.45, 2.75) is 32.2 Å². The second kappa shape index (κ2) is 10.5. The van der Waals surface area contributed by atoms with Gasteiger partial charge >= 0.3 is 18.3 Å². The van der Waals surface area contributed by atoms with Crippen LogP contribution in [0.5, 0.6) is 5.88 Å². The number of esters is 1. The van der Waals surface area contributed by atoms with Gasteiger partial charge in [0.15, 0.2) is 0 Å². The zero-order chi connectivity index (χ0) is 27.1. The van der Waals surface area contributed by atoms with E-state index in [2.05, 4.69) is 20.2 Å². The molecule has 0 aliphatic heterocycles. The first kappa shape index (κ1) is 28.7. The van der Waals surface area contributed by atoms with Crippen molar-refractivity contribution in [3.63, 3.8) is 0 Å². The summed E-state index contributed by atoms with van der Waals surface area (Å²) < 4.78 is 92.7. The fourth-order valence-electron chi connectivity index (χ4n) is 3.57. The van der Waals surface area contributed by atoms with E-state index in [0.29, 0.717) is 12.1 Å². The number of aromatic nitrogens is 6. The third-order valence-corrected chi connectivity index (χ3v) is 5.35. The van der Waals surface area contributed by atoms with Gasteiger partial charge in [-0.1, -0.05) is 0 Å². The van der Waals surface area contributed by atoms with Crippen LogP contribution in [0.25, 0.3) is 17.0 Å². The van der Waals surface area contributed by atoms with Gasteiger partial charge in [-0.2, -0.15) is 55.0 Å². The predicted octanol–water partition coefficient (Wildman–Crippen LogP) is 4.96. The molecule has 16 heteroatoms. The molecule has 0 saturated carbocycles. The highest BCUT2D eigenvalue weighted by Gasteiger charge is 2.37. The molecule has 3 heterocycles. The molecule has 0 radical (unpaired) electrons. The molecule has 0 unspecified atom stereocenters. The molecular weight excluding hydrogens is 542 g/mol. The maximum Gasteiger partial charge on any atom is 0.416 e. The summed E-state index contributed by atoms with van der Waals surface area (Å²) in [7, 11) is 1.27. The standard InChI is InChI=1S/C22H18F6N6O3.H2S/c1-4-37-19(35)13-8-29-33(10-13)20-31-16-9-30-34(17(16)18(32-20)36-3)11(2)12-5-14(21(23,24)25)7-15(6-12)22(26,27)28;/h5-11H,4H2,1-3H3;1H2/t11-;/m0./s1. The van der Waals surface area contributed by atoms with Crippen LogP contribution in [-0.4, -0.2) is 49.2 Å². The van der Waals surface area contributed by atoms with Crippen molar-refractivity contribution in [1.82, 2.24) is 29.5 Å². The van der Waals surface area contributed by atoms with E-state index in [9.17, 15) is 31.1 Å². The Kier molecular flexibility index (Phi) is 7.95. The van der Waals surface area contributed by atoms with Crippen molar-refractivity contribution in [2.75, 3.05) is 13.7 Å². The molecule has 0 aliphatic rings. The quantitative estimate of drug-likeness (QED) is 0.242. The van der Waals surface area contributed by atoms with Crippen LogP contribution in [0.2, 0.25) is 0 Å². The third-order valence-electron chi connectivity index (χ3n) is 5.35. The fourth-order valence-corrected chi connectivity index (χ4v) is 3.57. The van der Waals surface area contributed by atoms with Crippen LogP contribution < -0.4 is 4.74 Å². The summed E-state index contributed by atoms with van der Waals surface area (Å²) in [5.41, 5.74) is -2.74. The molecule has 0 fully saturated rings. The number of carbonyl (C=O) groups is 1. The van der Waals surface area contributed by atoms with E-state index < -0.39 is 35.5 Å². The van der Waals surface area contributed by atoms with Gasteiger partial charge < -0.3 is 9.47 Å². The zero-order valence-electron chi connectivity index (χ0n) is 19.9. The summed E-state index contributed by atoms with van der Waals surface area (Å²) in [6, 6.07) is 0.234. The number of fused-ring (bicyclic) bond motifs is 1. The zero-order valence-corrected chi connectivity index (χ0v) is 20.9. The Bertz CT molecular complexity index is 1430. The molecule has 0 aliphatic carbocycles. The highest BCUT2D eigenvalue weighted by atomic mass is 32.1. The van der Waals surface area contributed by atoms with Gasteiger partial charge in [-0.25, -0.2) is 14.5 Å². The number of nitrogens with zero attached hydrogens (tertiary/aromatic N) is 6. The maximum atomic E-state index is 13.3. The second-order valence-electron chi connectivity index (χ2n) is 7.77. The van der Waals surface area contributed by atoms with Crippen molar-refractivity contribution in [3.05, 3.63) is 59.0 Å². The smallest absolute Gasteiger partial charge is 0.416 e. The Labute approximate surface area is 217 Å². The van der Waals surface area contributed by atoms with Crippen molar-refractivity contribution in [2.24, 2.45) is 0 Å². The Morgan fingerprint density at radius 1 is 1.00 bits per heavy atom. The first-order valence-electron chi connectivity index (χ1n) is 10.6. The lowest BCUT2D eigenvalue weighted by atomic mass is 10.0. The summed E-state index contributed by atoms with van der Waals surface area (Å²) in [6.45, 7) is 3.19. The second-order valence-corrected chi connectivity index (χ2v) is 7.77. The van der Waals surface area contributed by atoms with Crippen molar-refractivity contribution in [1.29, 1.82) is 0 Å². The first-order valence-corrected chi connectivity index (χ1v) is 10.6. The van der Waals surface area contributed by atoms with Gasteiger partial charge in [-0.3, -0.25) is 4.68 Å². The molecule has 204 valence electrons.